The zero-order valence-electron chi connectivity index (χ0n) is 9.70. The van der Waals surface area contributed by atoms with Gasteiger partial charge in [-0.2, -0.15) is 0 Å². The summed E-state index contributed by atoms with van der Waals surface area (Å²) in [5.74, 6) is -0.922. The maximum absolute atomic E-state index is 12.9. The minimum absolute atomic E-state index is 0.447. The Balaban J connectivity index is 1.77. The number of halogens is 2. The smallest absolute Gasteiger partial charge is 0.160 e. The van der Waals surface area contributed by atoms with Gasteiger partial charge in [-0.25, -0.2) is 8.78 Å². The molecule has 2 aromatic rings. The monoisotopic (exact) mass is 249 g/mol. The van der Waals surface area contributed by atoms with E-state index in [2.05, 4.69) is 5.32 Å². The molecule has 0 radical (unpaired) electrons. The maximum atomic E-state index is 12.9. The minimum atomic E-state index is -0.857. The van der Waals surface area contributed by atoms with Crippen LogP contribution in [0.2, 0.25) is 0 Å². The average molecular weight is 249 g/mol. The molecule has 2 aromatic carbocycles. The van der Waals surface area contributed by atoms with Crippen LogP contribution in [0.3, 0.4) is 0 Å². The topological polar surface area (TPSA) is 21.3 Å². The SMILES string of the molecule is Fc1ccc(NCCOc2ccccc2)cc1F. The Morgan fingerprint density at radius 3 is 2.44 bits per heavy atom. The number of anilines is 1. The van der Waals surface area contributed by atoms with Gasteiger partial charge in [0.05, 0.1) is 0 Å². The van der Waals surface area contributed by atoms with Gasteiger partial charge in [-0.05, 0) is 24.3 Å². The van der Waals surface area contributed by atoms with Crippen molar-refractivity contribution in [3.05, 3.63) is 60.2 Å². The van der Waals surface area contributed by atoms with Gasteiger partial charge in [0.1, 0.15) is 12.4 Å². The third-order valence-corrected chi connectivity index (χ3v) is 2.36. The lowest BCUT2D eigenvalue weighted by molar-refractivity contribution is 0.333. The summed E-state index contributed by atoms with van der Waals surface area (Å²) in [6.45, 7) is 0.961. The minimum Gasteiger partial charge on any atom is -0.492 e. The number of para-hydroxylation sites is 1. The van der Waals surface area contributed by atoms with Gasteiger partial charge in [0.2, 0.25) is 0 Å². The normalized spacial score (nSPS) is 10.1. The molecular weight excluding hydrogens is 236 g/mol. The Morgan fingerprint density at radius 1 is 0.944 bits per heavy atom. The van der Waals surface area contributed by atoms with Crippen molar-refractivity contribution < 1.29 is 13.5 Å². The first-order valence-electron chi connectivity index (χ1n) is 5.62. The van der Waals surface area contributed by atoms with Crippen molar-refractivity contribution in [3.8, 4) is 5.75 Å². The molecule has 2 nitrogen and oxygen atoms in total. The first-order chi connectivity index (χ1) is 8.75. The summed E-state index contributed by atoms with van der Waals surface area (Å²) in [6, 6.07) is 13.1. The summed E-state index contributed by atoms with van der Waals surface area (Å²) in [7, 11) is 0. The summed E-state index contributed by atoms with van der Waals surface area (Å²) in [6.07, 6.45) is 0. The van der Waals surface area contributed by atoms with Crippen molar-refractivity contribution in [3.63, 3.8) is 0 Å². The van der Waals surface area contributed by atoms with Gasteiger partial charge in [0.25, 0.3) is 0 Å². The molecule has 0 saturated heterocycles. The van der Waals surface area contributed by atoms with E-state index in [-0.39, 0.29) is 0 Å². The molecule has 0 aromatic heterocycles. The van der Waals surface area contributed by atoms with Crippen LogP contribution < -0.4 is 10.1 Å². The Labute approximate surface area is 104 Å². The molecule has 0 aliphatic rings. The highest BCUT2D eigenvalue weighted by atomic mass is 19.2. The molecule has 0 heterocycles. The second-order valence-electron chi connectivity index (χ2n) is 3.72. The highest BCUT2D eigenvalue weighted by molar-refractivity contribution is 5.43. The summed E-state index contributed by atoms with van der Waals surface area (Å²) in [5, 5.41) is 2.95. The average Bonchev–Trinajstić information content (AvgIpc) is 2.40. The second-order valence-corrected chi connectivity index (χ2v) is 3.72. The number of hydrogen-bond acceptors (Lipinski definition) is 2. The summed E-state index contributed by atoms with van der Waals surface area (Å²) in [5.41, 5.74) is 0.533. The third-order valence-electron chi connectivity index (χ3n) is 2.36. The third kappa shape index (κ3) is 3.45. The van der Waals surface area contributed by atoms with E-state index in [1.165, 1.54) is 6.07 Å². The zero-order chi connectivity index (χ0) is 12.8. The standard InChI is InChI=1S/C14H13F2NO/c15-13-7-6-11(10-14(13)16)17-8-9-18-12-4-2-1-3-5-12/h1-7,10,17H,8-9H2. The fourth-order valence-corrected chi connectivity index (χ4v) is 1.49. The Bertz CT molecular complexity index is 502. The quantitative estimate of drug-likeness (QED) is 0.819. The Morgan fingerprint density at radius 2 is 1.72 bits per heavy atom. The first kappa shape index (κ1) is 12.4. The van der Waals surface area contributed by atoms with Crippen LogP contribution in [0, 0.1) is 11.6 Å². The summed E-state index contributed by atoms with van der Waals surface area (Å²) < 4.78 is 31.0. The van der Waals surface area contributed by atoms with E-state index in [1.807, 2.05) is 30.3 Å². The van der Waals surface area contributed by atoms with Crippen molar-refractivity contribution in [2.24, 2.45) is 0 Å². The molecule has 0 saturated carbocycles. The van der Waals surface area contributed by atoms with Crippen LogP contribution in [0.1, 0.15) is 0 Å². The van der Waals surface area contributed by atoms with E-state index in [0.717, 1.165) is 17.9 Å². The molecule has 94 valence electrons. The zero-order valence-corrected chi connectivity index (χ0v) is 9.70. The first-order valence-corrected chi connectivity index (χ1v) is 5.62. The largest absolute Gasteiger partial charge is 0.492 e. The van der Waals surface area contributed by atoms with Gasteiger partial charge < -0.3 is 10.1 Å². The molecule has 0 aliphatic carbocycles. The van der Waals surface area contributed by atoms with Gasteiger partial charge in [0.15, 0.2) is 11.6 Å². The number of nitrogens with one attached hydrogen (secondary N) is 1. The summed E-state index contributed by atoms with van der Waals surface area (Å²) in [4.78, 5) is 0. The van der Waals surface area contributed by atoms with Crippen LogP contribution in [0.25, 0.3) is 0 Å². The molecule has 18 heavy (non-hydrogen) atoms. The molecule has 0 fully saturated rings. The molecule has 0 spiro atoms. The predicted octanol–water partition coefficient (Wildman–Crippen LogP) is 3.46. The van der Waals surface area contributed by atoms with Gasteiger partial charge >= 0.3 is 0 Å². The van der Waals surface area contributed by atoms with Crippen LogP contribution >= 0.6 is 0 Å². The lowest BCUT2D eigenvalue weighted by Crippen LogP contribution is -2.11. The van der Waals surface area contributed by atoms with Crippen LogP contribution in [0.15, 0.2) is 48.5 Å². The molecule has 0 amide bonds. The number of ether oxygens (including phenoxy) is 1. The highest BCUT2D eigenvalue weighted by Crippen LogP contribution is 2.13. The Kier molecular flexibility index (Phi) is 4.12. The van der Waals surface area contributed by atoms with E-state index in [4.69, 9.17) is 4.74 Å². The van der Waals surface area contributed by atoms with Crippen LogP contribution in [0.4, 0.5) is 14.5 Å². The van der Waals surface area contributed by atoms with Crippen molar-refractivity contribution in [2.45, 2.75) is 0 Å². The fourth-order valence-electron chi connectivity index (χ4n) is 1.49. The van der Waals surface area contributed by atoms with E-state index >= 15 is 0 Å². The van der Waals surface area contributed by atoms with Crippen LogP contribution in [-0.4, -0.2) is 13.2 Å². The molecule has 1 N–H and O–H groups in total. The van der Waals surface area contributed by atoms with Crippen molar-refractivity contribution in [1.29, 1.82) is 0 Å². The van der Waals surface area contributed by atoms with E-state index in [0.29, 0.717) is 18.8 Å². The van der Waals surface area contributed by atoms with Gasteiger partial charge in [-0.1, -0.05) is 18.2 Å². The van der Waals surface area contributed by atoms with E-state index in [9.17, 15) is 8.78 Å². The lowest BCUT2D eigenvalue weighted by Gasteiger charge is -2.08. The number of rotatable bonds is 5. The van der Waals surface area contributed by atoms with Crippen molar-refractivity contribution in [2.75, 3.05) is 18.5 Å². The lowest BCUT2D eigenvalue weighted by atomic mass is 10.3. The van der Waals surface area contributed by atoms with E-state index < -0.39 is 11.6 Å². The molecular formula is C14H13F2NO. The molecule has 0 unspecified atom stereocenters. The van der Waals surface area contributed by atoms with Crippen LogP contribution in [-0.2, 0) is 0 Å². The fraction of sp³-hybridized carbons (Fsp3) is 0.143. The molecule has 0 bridgehead atoms. The number of benzene rings is 2. The summed E-state index contributed by atoms with van der Waals surface area (Å²) >= 11 is 0. The van der Waals surface area contributed by atoms with Crippen molar-refractivity contribution in [1.82, 2.24) is 0 Å². The van der Waals surface area contributed by atoms with Gasteiger partial charge in [-0.15, -0.1) is 0 Å². The van der Waals surface area contributed by atoms with Crippen molar-refractivity contribution >= 4 is 5.69 Å². The molecule has 2 rings (SSSR count). The predicted molar refractivity (Wildman–Crippen MR) is 66.8 cm³/mol. The molecule has 0 aliphatic heterocycles. The Hall–Kier alpha value is -2.10. The van der Waals surface area contributed by atoms with Gasteiger partial charge in [-0.3, -0.25) is 0 Å². The second kappa shape index (κ2) is 6.00. The van der Waals surface area contributed by atoms with E-state index in [1.54, 1.807) is 0 Å². The number of hydrogen-bond donors (Lipinski definition) is 1. The molecule has 0 atom stereocenters. The maximum Gasteiger partial charge on any atom is 0.160 e. The van der Waals surface area contributed by atoms with Crippen LogP contribution in [0.5, 0.6) is 5.75 Å². The molecule has 4 heteroatoms. The highest BCUT2D eigenvalue weighted by Gasteiger charge is 2.01. The van der Waals surface area contributed by atoms with Gasteiger partial charge in [0, 0.05) is 18.3 Å².